The molecule has 1 N–H and O–H groups in total. The second-order valence-electron chi connectivity index (χ2n) is 7.96. The van der Waals surface area contributed by atoms with Gasteiger partial charge in [0.15, 0.2) is 11.5 Å². The number of rotatable bonds is 5. The van der Waals surface area contributed by atoms with Crippen molar-refractivity contribution in [2.24, 2.45) is 0 Å². The Kier molecular flexibility index (Phi) is 5.73. The summed E-state index contributed by atoms with van der Waals surface area (Å²) in [5, 5.41) is 17.4. The number of carbonyl (C=O) groups excluding carboxylic acids is 1. The fraction of sp³-hybridized carbons (Fsp3) is 0.381. The van der Waals surface area contributed by atoms with Crippen molar-refractivity contribution in [2.75, 3.05) is 6.61 Å². The molecule has 1 saturated carbocycles. The topological polar surface area (TPSA) is 90.4 Å². The molecule has 1 fully saturated rings. The van der Waals surface area contributed by atoms with Gasteiger partial charge in [0.1, 0.15) is 17.1 Å². The number of aliphatic hydroxyl groups is 1. The molecule has 33 heavy (non-hydrogen) atoms. The van der Waals surface area contributed by atoms with Crippen LogP contribution in [0.2, 0.25) is 5.02 Å². The molecule has 1 aliphatic rings. The van der Waals surface area contributed by atoms with Crippen LogP contribution >= 0.6 is 11.6 Å². The fourth-order valence-corrected chi connectivity index (χ4v) is 4.23. The smallest absolute Gasteiger partial charge is 0.433 e. The van der Waals surface area contributed by atoms with Gasteiger partial charge >= 0.3 is 12.1 Å². The molecule has 0 bridgehead atoms. The number of hydrogen-bond donors (Lipinski definition) is 1. The van der Waals surface area contributed by atoms with Crippen molar-refractivity contribution in [1.29, 1.82) is 0 Å². The zero-order valence-corrected chi connectivity index (χ0v) is 18.2. The third-order valence-corrected chi connectivity index (χ3v) is 5.69. The van der Waals surface area contributed by atoms with Gasteiger partial charge in [-0.3, -0.25) is 4.68 Å². The van der Waals surface area contributed by atoms with Crippen LogP contribution in [-0.2, 0) is 10.9 Å². The number of nitrogens with zero attached hydrogens (tertiary/aromatic N) is 3. The summed E-state index contributed by atoms with van der Waals surface area (Å²) in [5.74, 6) is -2.49. The molecular formula is C21H18ClF4N3O4. The second kappa shape index (κ2) is 8.14. The first kappa shape index (κ1) is 23.2. The van der Waals surface area contributed by atoms with E-state index in [2.05, 4.69) is 10.3 Å². The monoisotopic (exact) mass is 487 g/mol. The quantitative estimate of drug-likeness (QED) is 0.389. The molecule has 2 heterocycles. The van der Waals surface area contributed by atoms with E-state index in [4.69, 9.17) is 20.9 Å². The molecule has 7 nitrogen and oxygen atoms in total. The van der Waals surface area contributed by atoms with Crippen molar-refractivity contribution in [1.82, 2.24) is 14.9 Å². The van der Waals surface area contributed by atoms with Crippen molar-refractivity contribution < 1.29 is 36.7 Å². The molecule has 0 radical (unpaired) electrons. The summed E-state index contributed by atoms with van der Waals surface area (Å²) < 4.78 is 67.7. The predicted octanol–water partition coefficient (Wildman–Crippen LogP) is 5.28. The van der Waals surface area contributed by atoms with Gasteiger partial charge in [0.25, 0.3) is 0 Å². The van der Waals surface area contributed by atoms with Crippen molar-refractivity contribution in [3.63, 3.8) is 0 Å². The van der Waals surface area contributed by atoms with Gasteiger partial charge in [-0.1, -0.05) is 22.8 Å². The van der Waals surface area contributed by atoms with Crippen LogP contribution < -0.4 is 0 Å². The largest absolute Gasteiger partial charge is 0.462 e. The molecule has 0 spiro atoms. The van der Waals surface area contributed by atoms with Gasteiger partial charge in [0.05, 0.1) is 40.6 Å². The Morgan fingerprint density at radius 2 is 2.09 bits per heavy atom. The number of carbonyl (C=O) groups is 1. The maximum atomic E-state index is 14.5. The van der Waals surface area contributed by atoms with E-state index in [1.54, 1.807) is 0 Å². The van der Waals surface area contributed by atoms with Crippen molar-refractivity contribution in [3.05, 3.63) is 46.5 Å². The normalized spacial score (nSPS) is 20.5. The molecule has 0 atom stereocenters. The summed E-state index contributed by atoms with van der Waals surface area (Å²) in [6, 6.07) is 3.02. The molecule has 12 heteroatoms. The average Bonchev–Trinajstić information content (AvgIpc) is 3.30. The van der Waals surface area contributed by atoms with Crippen LogP contribution in [0, 0.1) is 5.82 Å². The molecule has 176 valence electrons. The van der Waals surface area contributed by atoms with E-state index in [1.165, 1.54) is 26.0 Å². The maximum absolute atomic E-state index is 14.5. The number of ether oxygens (including phenoxy) is 1. The minimum Gasteiger partial charge on any atom is -0.462 e. The number of esters is 1. The lowest BCUT2D eigenvalue weighted by molar-refractivity contribution is -0.148. The predicted molar refractivity (Wildman–Crippen MR) is 108 cm³/mol. The van der Waals surface area contributed by atoms with Gasteiger partial charge in [0.2, 0.25) is 0 Å². The lowest BCUT2D eigenvalue weighted by Gasteiger charge is -2.41. The summed E-state index contributed by atoms with van der Waals surface area (Å²) in [6.45, 7) is 2.92. The summed E-state index contributed by atoms with van der Waals surface area (Å²) in [5.41, 5.74) is -4.06. The van der Waals surface area contributed by atoms with E-state index < -0.39 is 52.2 Å². The van der Waals surface area contributed by atoms with Crippen molar-refractivity contribution >= 4 is 17.6 Å². The molecule has 0 amide bonds. The molecule has 4 rings (SSSR count). The van der Waals surface area contributed by atoms with Gasteiger partial charge in [-0.2, -0.15) is 18.3 Å². The zero-order chi connectivity index (χ0) is 24.1. The van der Waals surface area contributed by atoms with Crippen LogP contribution in [0.3, 0.4) is 0 Å². The molecule has 2 aromatic heterocycles. The van der Waals surface area contributed by atoms with Crippen LogP contribution in [0.1, 0.15) is 48.8 Å². The number of hydrogen-bond acceptors (Lipinski definition) is 6. The van der Waals surface area contributed by atoms with Gasteiger partial charge in [-0.15, -0.1) is 0 Å². The number of halogens is 5. The van der Waals surface area contributed by atoms with E-state index in [-0.39, 0.29) is 35.7 Å². The minimum atomic E-state index is -4.89. The minimum absolute atomic E-state index is 0.0639. The van der Waals surface area contributed by atoms with E-state index in [9.17, 15) is 27.5 Å². The molecular weight excluding hydrogens is 470 g/mol. The Labute approximate surface area is 189 Å². The third-order valence-electron chi connectivity index (χ3n) is 5.38. The van der Waals surface area contributed by atoms with Crippen LogP contribution in [0.4, 0.5) is 17.6 Å². The molecule has 3 aromatic rings. The molecule has 0 unspecified atom stereocenters. The summed E-state index contributed by atoms with van der Waals surface area (Å²) in [7, 11) is 0. The number of benzene rings is 1. The highest BCUT2D eigenvalue weighted by molar-refractivity contribution is 6.33. The van der Waals surface area contributed by atoms with Gasteiger partial charge < -0.3 is 14.4 Å². The van der Waals surface area contributed by atoms with E-state index in [0.29, 0.717) is 0 Å². The average molecular weight is 488 g/mol. The molecule has 1 aromatic carbocycles. The third kappa shape index (κ3) is 4.10. The highest BCUT2D eigenvalue weighted by Crippen LogP contribution is 2.47. The highest BCUT2D eigenvalue weighted by atomic mass is 35.5. The Bertz CT molecular complexity index is 1190. The van der Waals surface area contributed by atoms with E-state index in [1.807, 2.05) is 0 Å². The number of alkyl halides is 3. The molecule has 1 aliphatic carbocycles. The van der Waals surface area contributed by atoms with Gasteiger partial charge in [-0.05, 0) is 38.8 Å². The standard InChI is InChI=1S/C21H18ClF4N3O4/c1-3-32-19(30)15-16(14-12(22)5-4-6-13(14)23)28-33-17(15)11-9-27-29(18(11)21(24,25)26)10-7-20(2,31)8-10/h4-6,9-10,31H,3,7-8H2,1-2H3/t10-,20-. The Hall–Kier alpha value is -2.92. The lowest BCUT2D eigenvalue weighted by Crippen LogP contribution is -2.43. The summed E-state index contributed by atoms with van der Waals surface area (Å²) >= 11 is 6.08. The van der Waals surface area contributed by atoms with Crippen molar-refractivity contribution in [2.45, 2.75) is 44.5 Å². The first-order valence-electron chi connectivity index (χ1n) is 9.93. The van der Waals surface area contributed by atoms with E-state index >= 15 is 0 Å². The van der Waals surface area contributed by atoms with Gasteiger partial charge in [-0.25, -0.2) is 9.18 Å². The highest BCUT2D eigenvalue weighted by Gasteiger charge is 2.47. The van der Waals surface area contributed by atoms with Gasteiger partial charge in [0, 0.05) is 0 Å². The Morgan fingerprint density at radius 3 is 2.67 bits per heavy atom. The number of aromatic nitrogens is 3. The fourth-order valence-electron chi connectivity index (χ4n) is 3.98. The van der Waals surface area contributed by atoms with Crippen LogP contribution in [0.25, 0.3) is 22.6 Å². The zero-order valence-electron chi connectivity index (χ0n) is 17.4. The van der Waals surface area contributed by atoms with Crippen LogP contribution in [0.15, 0.2) is 28.9 Å². The summed E-state index contributed by atoms with van der Waals surface area (Å²) in [6.07, 6.45) is -3.86. The first-order valence-corrected chi connectivity index (χ1v) is 10.3. The van der Waals surface area contributed by atoms with E-state index in [0.717, 1.165) is 16.9 Å². The maximum Gasteiger partial charge on any atom is 0.433 e. The molecule has 0 aliphatic heterocycles. The summed E-state index contributed by atoms with van der Waals surface area (Å²) in [4.78, 5) is 12.7. The SMILES string of the molecule is CCOC(=O)c1c(-c2c(F)cccc2Cl)noc1-c1cnn([C@H]2C[C@](C)(O)C2)c1C(F)(F)F. The second-order valence-corrected chi connectivity index (χ2v) is 8.37. The Morgan fingerprint density at radius 1 is 1.39 bits per heavy atom. The van der Waals surface area contributed by atoms with Crippen LogP contribution in [0.5, 0.6) is 0 Å². The first-order chi connectivity index (χ1) is 15.4. The lowest BCUT2D eigenvalue weighted by atomic mass is 9.77. The Balaban J connectivity index is 1.93. The van der Waals surface area contributed by atoms with Crippen molar-refractivity contribution in [3.8, 4) is 22.6 Å². The van der Waals surface area contributed by atoms with Crippen LogP contribution in [-0.4, -0.2) is 38.2 Å². The molecule has 0 saturated heterocycles.